The molecule has 1 aromatic rings. The van der Waals surface area contributed by atoms with Crippen molar-refractivity contribution in [2.75, 3.05) is 18.4 Å². The van der Waals surface area contributed by atoms with Crippen LogP contribution in [0.15, 0.2) is 12.1 Å². The summed E-state index contributed by atoms with van der Waals surface area (Å²) < 4.78 is 0. The van der Waals surface area contributed by atoms with Crippen LogP contribution >= 0.6 is 0 Å². The maximum absolute atomic E-state index is 12.6. The molecule has 1 aliphatic heterocycles. The molecule has 4 nitrogen and oxygen atoms in total. The molecule has 20 heavy (non-hydrogen) atoms. The van der Waals surface area contributed by atoms with Crippen molar-refractivity contribution >= 4 is 11.6 Å². The number of anilines is 1. The van der Waals surface area contributed by atoms with E-state index in [2.05, 4.69) is 17.6 Å². The monoisotopic (exact) mass is 276 g/mol. The number of piperidine rings is 1. The van der Waals surface area contributed by atoms with Gasteiger partial charge in [0.2, 0.25) is 5.91 Å². The number of rotatable bonds is 3. The number of amides is 1. The number of hydrogen-bond acceptors (Lipinski definition) is 3. The van der Waals surface area contributed by atoms with Gasteiger partial charge in [0.05, 0.1) is 5.41 Å². The average molecular weight is 276 g/mol. The first-order chi connectivity index (χ1) is 9.50. The molecule has 1 saturated heterocycles. The van der Waals surface area contributed by atoms with E-state index in [9.17, 15) is 9.90 Å². The van der Waals surface area contributed by atoms with Crippen LogP contribution in [0.3, 0.4) is 0 Å². The van der Waals surface area contributed by atoms with E-state index < -0.39 is 0 Å². The maximum Gasteiger partial charge on any atom is 0.230 e. The molecule has 1 amide bonds. The lowest BCUT2D eigenvalue weighted by Crippen LogP contribution is -2.44. The van der Waals surface area contributed by atoms with Crippen LogP contribution in [-0.4, -0.2) is 24.1 Å². The van der Waals surface area contributed by atoms with E-state index in [1.165, 1.54) is 0 Å². The lowest BCUT2D eigenvalue weighted by atomic mass is 9.76. The van der Waals surface area contributed by atoms with Crippen LogP contribution in [0.25, 0.3) is 0 Å². The predicted octanol–water partition coefficient (Wildman–Crippen LogP) is 2.73. The second-order valence-corrected chi connectivity index (χ2v) is 5.74. The first-order valence-corrected chi connectivity index (χ1v) is 7.31. The minimum absolute atomic E-state index is 0.0767. The topological polar surface area (TPSA) is 61.4 Å². The number of benzene rings is 1. The van der Waals surface area contributed by atoms with Gasteiger partial charge in [0.15, 0.2) is 0 Å². The number of carbonyl (C=O) groups is 1. The van der Waals surface area contributed by atoms with Gasteiger partial charge in [0, 0.05) is 11.3 Å². The minimum Gasteiger partial charge on any atom is -0.507 e. The Bertz CT molecular complexity index is 505. The Morgan fingerprint density at radius 2 is 2.00 bits per heavy atom. The fourth-order valence-corrected chi connectivity index (χ4v) is 2.87. The quantitative estimate of drug-likeness (QED) is 0.795. The first-order valence-electron chi connectivity index (χ1n) is 7.31. The van der Waals surface area contributed by atoms with E-state index in [4.69, 9.17) is 0 Å². The molecule has 1 aliphatic rings. The van der Waals surface area contributed by atoms with Crippen molar-refractivity contribution < 1.29 is 9.90 Å². The number of aryl methyl sites for hydroxylation is 1. The SMILES string of the molecule is CCC1(C(=O)Nc2ccc(C)c(O)c2C)CCNCC1. The minimum atomic E-state index is -0.280. The fourth-order valence-electron chi connectivity index (χ4n) is 2.87. The summed E-state index contributed by atoms with van der Waals surface area (Å²) in [6.07, 6.45) is 2.58. The smallest absolute Gasteiger partial charge is 0.230 e. The second-order valence-electron chi connectivity index (χ2n) is 5.74. The summed E-state index contributed by atoms with van der Waals surface area (Å²) in [5, 5.41) is 16.3. The summed E-state index contributed by atoms with van der Waals surface area (Å²) >= 11 is 0. The molecule has 0 spiro atoms. The molecule has 0 atom stereocenters. The Morgan fingerprint density at radius 1 is 1.35 bits per heavy atom. The third kappa shape index (κ3) is 2.66. The van der Waals surface area contributed by atoms with E-state index in [0.29, 0.717) is 5.69 Å². The van der Waals surface area contributed by atoms with Gasteiger partial charge in [0.1, 0.15) is 5.75 Å². The summed E-state index contributed by atoms with van der Waals surface area (Å²) in [6.45, 7) is 7.54. The molecular weight excluding hydrogens is 252 g/mol. The molecule has 1 heterocycles. The van der Waals surface area contributed by atoms with E-state index in [1.807, 2.05) is 26.0 Å². The summed E-state index contributed by atoms with van der Waals surface area (Å²) in [5.74, 6) is 0.339. The average Bonchev–Trinajstić information content (AvgIpc) is 2.48. The van der Waals surface area contributed by atoms with Gasteiger partial charge >= 0.3 is 0 Å². The van der Waals surface area contributed by atoms with Crippen molar-refractivity contribution in [3.8, 4) is 5.75 Å². The van der Waals surface area contributed by atoms with Gasteiger partial charge in [-0.05, 0) is 57.8 Å². The van der Waals surface area contributed by atoms with Gasteiger partial charge in [0.25, 0.3) is 0 Å². The molecule has 1 fully saturated rings. The van der Waals surface area contributed by atoms with Crippen molar-refractivity contribution in [1.82, 2.24) is 5.32 Å². The van der Waals surface area contributed by atoms with Crippen LogP contribution in [0, 0.1) is 19.3 Å². The molecule has 110 valence electrons. The largest absolute Gasteiger partial charge is 0.507 e. The number of nitrogens with one attached hydrogen (secondary N) is 2. The summed E-state index contributed by atoms with van der Waals surface area (Å²) in [4.78, 5) is 12.6. The Balaban J connectivity index is 2.21. The van der Waals surface area contributed by atoms with Crippen LogP contribution in [0.2, 0.25) is 0 Å². The third-order valence-corrected chi connectivity index (χ3v) is 4.60. The number of carbonyl (C=O) groups excluding carboxylic acids is 1. The van der Waals surface area contributed by atoms with Gasteiger partial charge in [-0.3, -0.25) is 4.79 Å². The Kier molecular flexibility index (Phi) is 4.33. The third-order valence-electron chi connectivity index (χ3n) is 4.60. The van der Waals surface area contributed by atoms with Crippen LogP contribution in [0.5, 0.6) is 5.75 Å². The maximum atomic E-state index is 12.6. The lowest BCUT2D eigenvalue weighted by Gasteiger charge is -2.35. The van der Waals surface area contributed by atoms with Gasteiger partial charge in [-0.15, -0.1) is 0 Å². The molecule has 1 aromatic carbocycles. The Morgan fingerprint density at radius 3 is 2.60 bits per heavy atom. The van der Waals surface area contributed by atoms with E-state index >= 15 is 0 Å². The second kappa shape index (κ2) is 5.83. The highest BCUT2D eigenvalue weighted by Crippen LogP contribution is 2.35. The highest BCUT2D eigenvalue weighted by atomic mass is 16.3. The molecule has 2 rings (SSSR count). The summed E-state index contributed by atoms with van der Waals surface area (Å²) in [5.41, 5.74) is 1.99. The summed E-state index contributed by atoms with van der Waals surface area (Å²) in [7, 11) is 0. The lowest BCUT2D eigenvalue weighted by molar-refractivity contribution is -0.127. The van der Waals surface area contributed by atoms with E-state index in [-0.39, 0.29) is 17.1 Å². The van der Waals surface area contributed by atoms with Crippen molar-refractivity contribution in [2.24, 2.45) is 5.41 Å². The van der Waals surface area contributed by atoms with E-state index in [1.54, 1.807) is 0 Å². The predicted molar refractivity (Wildman–Crippen MR) is 81.0 cm³/mol. The van der Waals surface area contributed by atoms with Crippen molar-refractivity contribution in [2.45, 2.75) is 40.0 Å². The standard InChI is InChI=1S/C16H24N2O2/c1-4-16(7-9-17-10-8-16)15(20)18-13-6-5-11(2)14(19)12(13)3/h5-6,17,19H,4,7-10H2,1-3H3,(H,18,20). The van der Waals surface area contributed by atoms with Crippen molar-refractivity contribution in [3.05, 3.63) is 23.3 Å². The van der Waals surface area contributed by atoms with Crippen molar-refractivity contribution in [3.63, 3.8) is 0 Å². The molecule has 0 bridgehead atoms. The zero-order valence-electron chi connectivity index (χ0n) is 12.5. The van der Waals surface area contributed by atoms with Crippen LogP contribution < -0.4 is 10.6 Å². The first kappa shape index (κ1) is 14.9. The van der Waals surface area contributed by atoms with Crippen LogP contribution in [0.1, 0.15) is 37.3 Å². The highest BCUT2D eigenvalue weighted by molar-refractivity contribution is 5.96. The summed E-state index contributed by atoms with van der Waals surface area (Å²) in [6, 6.07) is 3.70. The molecule has 3 N–H and O–H groups in total. The number of aromatic hydroxyl groups is 1. The molecule has 0 aliphatic carbocycles. The number of hydrogen-bond donors (Lipinski definition) is 3. The van der Waals surface area contributed by atoms with Gasteiger partial charge in [-0.1, -0.05) is 13.0 Å². The zero-order chi connectivity index (χ0) is 14.8. The number of phenolic OH excluding ortho intramolecular Hbond substituents is 1. The molecule has 0 radical (unpaired) electrons. The Labute approximate surface area is 120 Å². The molecule has 0 aromatic heterocycles. The Hall–Kier alpha value is -1.55. The molecule has 0 unspecified atom stereocenters. The number of phenols is 1. The molecule has 4 heteroatoms. The van der Waals surface area contributed by atoms with Gasteiger partial charge < -0.3 is 15.7 Å². The molecular formula is C16H24N2O2. The van der Waals surface area contributed by atoms with Gasteiger partial charge in [-0.25, -0.2) is 0 Å². The van der Waals surface area contributed by atoms with Crippen LogP contribution in [-0.2, 0) is 4.79 Å². The van der Waals surface area contributed by atoms with E-state index in [0.717, 1.165) is 43.5 Å². The van der Waals surface area contributed by atoms with Crippen molar-refractivity contribution in [1.29, 1.82) is 0 Å². The highest BCUT2D eigenvalue weighted by Gasteiger charge is 2.37. The normalized spacial score (nSPS) is 17.8. The van der Waals surface area contributed by atoms with Crippen LogP contribution in [0.4, 0.5) is 5.69 Å². The fraction of sp³-hybridized carbons (Fsp3) is 0.562. The zero-order valence-corrected chi connectivity index (χ0v) is 12.5. The van der Waals surface area contributed by atoms with Gasteiger partial charge in [-0.2, -0.15) is 0 Å². The molecule has 0 saturated carbocycles.